The van der Waals surface area contributed by atoms with Crippen LogP contribution in [0.1, 0.15) is 56.9 Å². The van der Waals surface area contributed by atoms with Crippen molar-refractivity contribution < 1.29 is 23.6 Å². The van der Waals surface area contributed by atoms with Crippen molar-refractivity contribution in [3.8, 4) is 5.75 Å². The van der Waals surface area contributed by atoms with Crippen molar-refractivity contribution in [1.82, 2.24) is 0 Å². The monoisotopic (exact) mass is 388 g/mol. The molecule has 146 valence electrons. The number of hydrogen-bond donors (Lipinski definition) is 0. The molecule has 0 N–H and O–H groups in total. The smallest absolute Gasteiger partial charge is 0.126 e. The van der Waals surface area contributed by atoms with Gasteiger partial charge in [0.15, 0.2) is 0 Å². The molecule has 3 aliphatic carbocycles. The number of allylic oxidation sites excluding steroid dienone is 3. The van der Waals surface area contributed by atoms with Gasteiger partial charge in [0.25, 0.3) is 0 Å². The summed E-state index contributed by atoms with van der Waals surface area (Å²) >= 11 is 0. The van der Waals surface area contributed by atoms with E-state index in [9.17, 15) is 14.4 Å². The third kappa shape index (κ3) is 3.87. The molecule has 2 unspecified atom stereocenters. The molecule has 1 aromatic rings. The van der Waals surface area contributed by atoms with Gasteiger partial charge in [-0.2, -0.15) is 0 Å². The van der Waals surface area contributed by atoms with Gasteiger partial charge in [-0.05, 0) is 68.6 Å². The standard InChI is InChI=1S/C21H27O5P/c1-25-21(16-8-4-9-17(13-16)26-27(22,23)24)20-15-7-5-11-19(20)18-10-3-2-6-14(18)12-15/h4,8-9,13,15,19H,2-3,5-7,10-12H2,1H3,(H2,22,23,24)/p-2/b21-20+. The lowest BCUT2D eigenvalue weighted by molar-refractivity contribution is -0.333. The lowest BCUT2D eigenvalue weighted by Crippen LogP contribution is -2.30. The summed E-state index contributed by atoms with van der Waals surface area (Å²) in [4.78, 5) is 21.9. The van der Waals surface area contributed by atoms with Crippen LogP contribution in [0.4, 0.5) is 0 Å². The second-order valence-corrected chi connectivity index (χ2v) is 8.85. The maximum atomic E-state index is 11.0. The third-order valence-electron chi connectivity index (χ3n) is 6.18. The van der Waals surface area contributed by atoms with Gasteiger partial charge in [0.1, 0.15) is 19.3 Å². The fourth-order valence-electron chi connectivity index (χ4n) is 5.25. The molecule has 2 bridgehead atoms. The van der Waals surface area contributed by atoms with Crippen LogP contribution < -0.4 is 14.3 Å². The summed E-state index contributed by atoms with van der Waals surface area (Å²) in [5, 5.41) is 0. The van der Waals surface area contributed by atoms with Crippen LogP contribution in [-0.4, -0.2) is 7.11 Å². The number of methoxy groups -OCH3 is 1. The molecule has 1 fully saturated rings. The van der Waals surface area contributed by atoms with Gasteiger partial charge in [-0.15, -0.1) is 0 Å². The van der Waals surface area contributed by atoms with E-state index in [0.717, 1.165) is 24.2 Å². The molecule has 0 radical (unpaired) electrons. The van der Waals surface area contributed by atoms with Crippen molar-refractivity contribution in [1.29, 1.82) is 0 Å². The number of phosphoric acid groups is 1. The Morgan fingerprint density at radius 2 is 1.96 bits per heavy atom. The molecule has 0 spiro atoms. The van der Waals surface area contributed by atoms with Gasteiger partial charge in [-0.3, -0.25) is 0 Å². The summed E-state index contributed by atoms with van der Waals surface area (Å²) in [6.45, 7) is 0. The van der Waals surface area contributed by atoms with Crippen LogP contribution in [0.5, 0.6) is 5.75 Å². The van der Waals surface area contributed by atoms with E-state index >= 15 is 0 Å². The molecule has 27 heavy (non-hydrogen) atoms. The predicted molar refractivity (Wildman–Crippen MR) is 99.5 cm³/mol. The number of fused-ring (bicyclic) bond motifs is 3. The number of phosphoric ester groups is 1. The molecule has 2 atom stereocenters. The molecule has 6 heteroatoms. The van der Waals surface area contributed by atoms with Crippen LogP contribution >= 0.6 is 7.82 Å². The summed E-state index contributed by atoms with van der Waals surface area (Å²) in [5.41, 5.74) is 5.42. The molecular formula is C21H25O5P-2. The van der Waals surface area contributed by atoms with Crippen LogP contribution in [-0.2, 0) is 9.30 Å². The first-order valence-electron chi connectivity index (χ1n) is 9.77. The molecule has 0 heterocycles. The van der Waals surface area contributed by atoms with Crippen LogP contribution in [0.3, 0.4) is 0 Å². The van der Waals surface area contributed by atoms with E-state index in [4.69, 9.17) is 4.74 Å². The highest BCUT2D eigenvalue weighted by Crippen LogP contribution is 2.53. The van der Waals surface area contributed by atoms with E-state index in [1.54, 1.807) is 30.4 Å². The normalized spacial score (nSPS) is 27.1. The molecule has 1 aromatic carbocycles. The average Bonchev–Trinajstić information content (AvgIpc) is 2.61. The van der Waals surface area contributed by atoms with Gasteiger partial charge in [0.2, 0.25) is 0 Å². The Morgan fingerprint density at radius 3 is 2.74 bits per heavy atom. The minimum Gasteiger partial charge on any atom is -0.780 e. The van der Waals surface area contributed by atoms with Gasteiger partial charge in [0.05, 0.1) is 7.11 Å². The molecule has 0 aliphatic heterocycles. The SMILES string of the molecule is CO/C(=C1\C2CCCC1C1=C(CCCC1)C2)c1cccc(OP(=O)([O-])[O-])c1. The molecule has 1 saturated carbocycles. The lowest BCUT2D eigenvalue weighted by atomic mass is 9.62. The first-order chi connectivity index (χ1) is 13.0. The van der Waals surface area contributed by atoms with Gasteiger partial charge in [0, 0.05) is 11.5 Å². The van der Waals surface area contributed by atoms with Crippen molar-refractivity contribution in [3.63, 3.8) is 0 Å². The van der Waals surface area contributed by atoms with Crippen molar-refractivity contribution in [2.24, 2.45) is 11.8 Å². The molecule has 5 nitrogen and oxygen atoms in total. The Hall–Kier alpha value is -1.55. The highest BCUT2D eigenvalue weighted by atomic mass is 31.2. The largest absolute Gasteiger partial charge is 0.780 e. The van der Waals surface area contributed by atoms with Gasteiger partial charge < -0.3 is 23.6 Å². The maximum absolute atomic E-state index is 11.0. The number of hydrogen-bond acceptors (Lipinski definition) is 5. The van der Waals surface area contributed by atoms with Crippen molar-refractivity contribution in [2.45, 2.75) is 51.4 Å². The van der Waals surface area contributed by atoms with Gasteiger partial charge in [-0.1, -0.05) is 29.7 Å². The highest BCUT2D eigenvalue weighted by Gasteiger charge is 2.39. The summed E-state index contributed by atoms with van der Waals surface area (Å²) in [7, 11) is -3.41. The fourth-order valence-corrected chi connectivity index (χ4v) is 5.62. The van der Waals surface area contributed by atoms with Crippen LogP contribution in [0.25, 0.3) is 5.76 Å². The van der Waals surface area contributed by atoms with E-state index in [-0.39, 0.29) is 5.75 Å². The Bertz CT molecular complexity index is 835. The minimum atomic E-state index is -5.08. The topological polar surface area (TPSA) is 81.7 Å². The van der Waals surface area contributed by atoms with Crippen LogP contribution in [0.15, 0.2) is 41.0 Å². The Balaban J connectivity index is 1.77. The first kappa shape index (κ1) is 18.8. The maximum Gasteiger partial charge on any atom is 0.126 e. The number of rotatable bonds is 4. The van der Waals surface area contributed by atoms with E-state index in [0.29, 0.717) is 11.8 Å². The lowest BCUT2D eigenvalue weighted by Gasteiger charge is -2.43. The second-order valence-electron chi connectivity index (χ2n) is 7.78. The fraction of sp³-hybridized carbons (Fsp3) is 0.524. The third-order valence-corrected chi connectivity index (χ3v) is 6.62. The Morgan fingerprint density at radius 1 is 1.15 bits per heavy atom. The van der Waals surface area contributed by atoms with Crippen molar-refractivity contribution in [2.75, 3.05) is 7.11 Å². The predicted octanol–water partition coefficient (Wildman–Crippen LogP) is 3.94. The summed E-state index contributed by atoms with van der Waals surface area (Å²) in [6, 6.07) is 6.66. The van der Waals surface area contributed by atoms with Crippen LogP contribution in [0.2, 0.25) is 0 Å². The number of benzene rings is 1. The second kappa shape index (κ2) is 7.46. The molecule has 0 saturated heterocycles. The zero-order valence-corrected chi connectivity index (χ0v) is 16.5. The summed E-state index contributed by atoms with van der Waals surface area (Å²) in [5.74, 6) is 1.79. The van der Waals surface area contributed by atoms with E-state index < -0.39 is 7.82 Å². The molecule has 3 aliphatic rings. The quantitative estimate of drug-likeness (QED) is 0.443. The van der Waals surface area contributed by atoms with Crippen molar-refractivity contribution in [3.05, 3.63) is 46.5 Å². The van der Waals surface area contributed by atoms with E-state index in [1.165, 1.54) is 50.2 Å². The zero-order valence-electron chi connectivity index (χ0n) is 15.6. The molecule has 0 aromatic heterocycles. The van der Waals surface area contributed by atoms with E-state index in [1.807, 2.05) is 6.07 Å². The number of ether oxygens (including phenoxy) is 1. The Kier molecular flexibility index (Phi) is 5.19. The molecular weight excluding hydrogens is 363 g/mol. The molecule has 0 amide bonds. The highest BCUT2D eigenvalue weighted by molar-refractivity contribution is 7.43. The summed E-state index contributed by atoms with van der Waals surface area (Å²) in [6.07, 6.45) is 9.69. The summed E-state index contributed by atoms with van der Waals surface area (Å²) < 4.78 is 21.4. The van der Waals surface area contributed by atoms with Gasteiger partial charge >= 0.3 is 0 Å². The molecule has 4 rings (SSSR count). The minimum absolute atomic E-state index is 0.0366. The van der Waals surface area contributed by atoms with Crippen LogP contribution in [0, 0.1) is 11.8 Å². The average molecular weight is 388 g/mol. The van der Waals surface area contributed by atoms with Crippen molar-refractivity contribution >= 4 is 13.6 Å². The zero-order chi connectivity index (χ0) is 19.0. The Labute approximate surface area is 160 Å². The first-order valence-corrected chi connectivity index (χ1v) is 11.2. The van der Waals surface area contributed by atoms with E-state index in [2.05, 4.69) is 4.52 Å². The van der Waals surface area contributed by atoms with Gasteiger partial charge in [-0.25, -0.2) is 0 Å².